The standard InChI is InChI=1S/C16H20N4O3/c1-17-15-10-12(4-6-18-15)2-3-13-11-20(7-9-22-13)16(21)14-5-8-23-19-14/h4-6,8,10,13H,2-3,7,9,11H2,1H3,(H,17,18)/t13-/m1/s1. The maximum Gasteiger partial charge on any atom is 0.276 e. The van der Waals surface area contributed by atoms with Gasteiger partial charge in [-0.05, 0) is 30.5 Å². The number of pyridine rings is 1. The number of nitrogens with zero attached hydrogens (tertiary/aromatic N) is 3. The number of hydrogen-bond donors (Lipinski definition) is 1. The van der Waals surface area contributed by atoms with E-state index >= 15 is 0 Å². The Kier molecular flexibility index (Phi) is 4.87. The number of rotatable bonds is 5. The van der Waals surface area contributed by atoms with Gasteiger partial charge in [-0.3, -0.25) is 4.79 Å². The Morgan fingerprint density at radius 3 is 3.17 bits per heavy atom. The Morgan fingerprint density at radius 1 is 1.48 bits per heavy atom. The Hall–Kier alpha value is -2.41. The Labute approximate surface area is 134 Å². The normalized spacial score (nSPS) is 18.0. The van der Waals surface area contributed by atoms with Crippen molar-refractivity contribution in [1.29, 1.82) is 0 Å². The number of carbonyl (C=O) groups excluding carboxylic acids is 1. The molecule has 7 heteroatoms. The fourth-order valence-corrected chi connectivity index (χ4v) is 2.66. The highest BCUT2D eigenvalue weighted by molar-refractivity contribution is 5.92. The largest absolute Gasteiger partial charge is 0.375 e. The van der Waals surface area contributed by atoms with Crippen molar-refractivity contribution < 1.29 is 14.1 Å². The lowest BCUT2D eigenvalue weighted by atomic mass is 10.1. The van der Waals surface area contributed by atoms with E-state index in [9.17, 15) is 4.79 Å². The molecule has 0 bridgehead atoms. The molecule has 3 rings (SSSR count). The van der Waals surface area contributed by atoms with E-state index in [1.807, 2.05) is 19.2 Å². The SMILES string of the molecule is CNc1cc(CC[C@@H]2CN(C(=O)c3ccon3)CCO2)ccn1. The fourth-order valence-electron chi connectivity index (χ4n) is 2.66. The monoisotopic (exact) mass is 316 g/mol. The fraction of sp³-hybridized carbons (Fsp3) is 0.438. The molecule has 0 aliphatic carbocycles. The number of aromatic nitrogens is 2. The van der Waals surface area contributed by atoms with Crippen molar-refractivity contribution in [3.8, 4) is 0 Å². The van der Waals surface area contributed by atoms with Gasteiger partial charge in [-0.15, -0.1) is 0 Å². The summed E-state index contributed by atoms with van der Waals surface area (Å²) in [5.74, 6) is 0.753. The second-order valence-electron chi connectivity index (χ2n) is 5.47. The van der Waals surface area contributed by atoms with E-state index in [2.05, 4.69) is 15.5 Å². The molecule has 3 heterocycles. The smallest absolute Gasteiger partial charge is 0.276 e. The minimum Gasteiger partial charge on any atom is -0.375 e. The first-order chi connectivity index (χ1) is 11.3. The third-order valence-electron chi connectivity index (χ3n) is 3.92. The van der Waals surface area contributed by atoms with Crippen molar-refractivity contribution in [3.63, 3.8) is 0 Å². The maximum absolute atomic E-state index is 12.3. The van der Waals surface area contributed by atoms with E-state index in [0.29, 0.717) is 25.4 Å². The van der Waals surface area contributed by atoms with Crippen molar-refractivity contribution in [1.82, 2.24) is 15.0 Å². The summed E-state index contributed by atoms with van der Waals surface area (Å²) in [6.45, 7) is 1.71. The van der Waals surface area contributed by atoms with Gasteiger partial charge < -0.3 is 19.5 Å². The molecular weight excluding hydrogens is 296 g/mol. The van der Waals surface area contributed by atoms with Crippen LogP contribution in [0.5, 0.6) is 0 Å². The van der Waals surface area contributed by atoms with E-state index < -0.39 is 0 Å². The van der Waals surface area contributed by atoms with Crippen LogP contribution < -0.4 is 5.32 Å². The van der Waals surface area contributed by atoms with E-state index in [1.165, 1.54) is 11.8 Å². The zero-order chi connectivity index (χ0) is 16.1. The first-order valence-corrected chi connectivity index (χ1v) is 7.70. The van der Waals surface area contributed by atoms with Gasteiger partial charge >= 0.3 is 0 Å². The summed E-state index contributed by atoms with van der Waals surface area (Å²) >= 11 is 0. The van der Waals surface area contributed by atoms with Crippen LogP contribution in [0.25, 0.3) is 0 Å². The first kappa shape index (κ1) is 15.5. The average molecular weight is 316 g/mol. The topological polar surface area (TPSA) is 80.5 Å². The van der Waals surface area contributed by atoms with Crippen LogP contribution in [0.2, 0.25) is 0 Å². The van der Waals surface area contributed by atoms with Crippen molar-refractivity contribution >= 4 is 11.7 Å². The Morgan fingerprint density at radius 2 is 2.39 bits per heavy atom. The molecule has 1 N–H and O–H groups in total. The average Bonchev–Trinajstić information content (AvgIpc) is 3.14. The van der Waals surface area contributed by atoms with Crippen LogP contribution in [-0.4, -0.2) is 53.8 Å². The van der Waals surface area contributed by atoms with Gasteiger partial charge in [0.15, 0.2) is 5.69 Å². The summed E-state index contributed by atoms with van der Waals surface area (Å²) < 4.78 is 10.5. The number of ether oxygens (including phenoxy) is 1. The van der Waals surface area contributed by atoms with E-state index in [1.54, 1.807) is 17.2 Å². The molecule has 2 aromatic heterocycles. The molecule has 0 saturated carbocycles. The lowest BCUT2D eigenvalue weighted by Gasteiger charge is -2.32. The van der Waals surface area contributed by atoms with Crippen LogP contribution in [0.3, 0.4) is 0 Å². The van der Waals surface area contributed by atoms with Gasteiger partial charge in [-0.1, -0.05) is 5.16 Å². The van der Waals surface area contributed by atoms with Crippen molar-refractivity contribution in [2.45, 2.75) is 18.9 Å². The number of carbonyl (C=O) groups is 1. The maximum atomic E-state index is 12.3. The zero-order valence-corrected chi connectivity index (χ0v) is 13.1. The highest BCUT2D eigenvalue weighted by atomic mass is 16.5. The quantitative estimate of drug-likeness (QED) is 0.902. The molecule has 1 atom stereocenters. The van der Waals surface area contributed by atoms with Gasteiger partial charge in [0.2, 0.25) is 0 Å². The highest BCUT2D eigenvalue weighted by Crippen LogP contribution is 2.15. The molecule has 23 heavy (non-hydrogen) atoms. The lowest BCUT2D eigenvalue weighted by Crippen LogP contribution is -2.45. The first-order valence-electron chi connectivity index (χ1n) is 7.70. The summed E-state index contributed by atoms with van der Waals surface area (Å²) in [5.41, 5.74) is 1.55. The molecule has 0 radical (unpaired) electrons. The third-order valence-corrected chi connectivity index (χ3v) is 3.92. The molecule has 1 saturated heterocycles. The van der Waals surface area contributed by atoms with Crippen LogP contribution in [0.15, 0.2) is 35.2 Å². The molecule has 1 aliphatic heterocycles. The molecule has 1 fully saturated rings. The zero-order valence-electron chi connectivity index (χ0n) is 13.1. The van der Waals surface area contributed by atoms with E-state index in [-0.39, 0.29) is 12.0 Å². The molecule has 0 aromatic carbocycles. The predicted octanol–water partition coefficient (Wildman–Crippen LogP) is 1.59. The van der Waals surface area contributed by atoms with Crippen LogP contribution in [-0.2, 0) is 11.2 Å². The van der Waals surface area contributed by atoms with E-state index in [0.717, 1.165) is 18.7 Å². The second-order valence-corrected chi connectivity index (χ2v) is 5.47. The molecule has 2 aromatic rings. The molecule has 0 spiro atoms. The number of aryl methyl sites for hydroxylation is 1. The summed E-state index contributed by atoms with van der Waals surface area (Å²) in [6.07, 6.45) is 4.98. The van der Waals surface area contributed by atoms with Gasteiger partial charge in [0, 0.05) is 32.4 Å². The van der Waals surface area contributed by atoms with Crippen molar-refractivity contribution in [3.05, 3.63) is 41.9 Å². The summed E-state index contributed by atoms with van der Waals surface area (Å²) in [7, 11) is 1.85. The number of nitrogens with one attached hydrogen (secondary N) is 1. The molecule has 1 amide bonds. The number of amides is 1. The van der Waals surface area contributed by atoms with Crippen molar-refractivity contribution in [2.24, 2.45) is 0 Å². The number of morpholine rings is 1. The number of anilines is 1. The Bertz CT molecular complexity index is 645. The van der Waals surface area contributed by atoms with Gasteiger partial charge in [0.25, 0.3) is 5.91 Å². The molecule has 1 aliphatic rings. The molecule has 0 unspecified atom stereocenters. The van der Waals surface area contributed by atoms with Crippen LogP contribution >= 0.6 is 0 Å². The van der Waals surface area contributed by atoms with E-state index in [4.69, 9.17) is 9.26 Å². The van der Waals surface area contributed by atoms with Crippen molar-refractivity contribution in [2.75, 3.05) is 32.1 Å². The van der Waals surface area contributed by atoms with Gasteiger partial charge in [-0.2, -0.15) is 0 Å². The third kappa shape index (κ3) is 3.87. The molecular formula is C16H20N4O3. The van der Waals surface area contributed by atoms with Gasteiger partial charge in [0.1, 0.15) is 12.1 Å². The second kappa shape index (κ2) is 7.23. The number of hydrogen-bond acceptors (Lipinski definition) is 6. The van der Waals surface area contributed by atoms with Crippen LogP contribution in [0.4, 0.5) is 5.82 Å². The van der Waals surface area contributed by atoms with Crippen LogP contribution in [0, 0.1) is 0 Å². The predicted molar refractivity (Wildman–Crippen MR) is 84.3 cm³/mol. The lowest BCUT2D eigenvalue weighted by molar-refractivity contribution is -0.0248. The van der Waals surface area contributed by atoms with Gasteiger partial charge in [-0.25, -0.2) is 4.98 Å². The molecule has 7 nitrogen and oxygen atoms in total. The van der Waals surface area contributed by atoms with Gasteiger partial charge in [0.05, 0.1) is 12.7 Å². The highest BCUT2D eigenvalue weighted by Gasteiger charge is 2.26. The summed E-state index contributed by atoms with van der Waals surface area (Å²) in [6, 6.07) is 5.62. The molecule has 122 valence electrons. The van der Waals surface area contributed by atoms with Crippen LogP contribution in [0.1, 0.15) is 22.5 Å². The minimum atomic E-state index is -0.103. The summed E-state index contributed by atoms with van der Waals surface area (Å²) in [5, 5.41) is 6.74. The minimum absolute atomic E-state index is 0.0332. The Balaban J connectivity index is 1.55. The summed E-state index contributed by atoms with van der Waals surface area (Å²) in [4.78, 5) is 18.3.